The number of aromatic nitrogens is 2. The van der Waals surface area contributed by atoms with Crippen molar-refractivity contribution in [3.05, 3.63) is 77.3 Å². The minimum atomic E-state index is 0.960. The molecule has 0 saturated heterocycles. The van der Waals surface area contributed by atoms with Gasteiger partial charge in [0.25, 0.3) is 0 Å². The summed E-state index contributed by atoms with van der Waals surface area (Å²) < 4.78 is 3.29. The monoisotopic (exact) mass is 360 g/mol. The van der Waals surface area contributed by atoms with Crippen molar-refractivity contribution in [2.24, 2.45) is 0 Å². The average molecular weight is 361 g/mol. The van der Waals surface area contributed by atoms with Crippen molar-refractivity contribution in [3.63, 3.8) is 0 Å². The molecule has 4 rings (SSSR count). The molecule has 0 unspecified atom stereocenters. The van der Waals surface area contributed by atoms with Gasteiger partial charge in [-0.1, -0.05) is 63.9 Å². The van der Waals surface area contributed by atoms with E-state index in [-0.39, 0.29) is 0 Å². The highest BCUT2D eigenvalue weighted by Crippen LogP contribution is 2.29. The molecule has 4 heteroatoms. The molecule has 0 aliphatic rings. The zero-order valence-corrected chi connectivity index (χ0v) is 14.3. The second-order valence-electron chi connectivity index (χ2n) is 5.61. The van der Waals surface area contributed by atoms with Crippen LogP contribution >= 0.6 is 15.9 Å². The van der Waals surface area contributed by atoms with Crippen molar-refractivity contribution >= 4 is 40.3 Å². The molecule has 0 bridgehead atoms. The molecule has 1 heterocycles. The molecule has 3 aromatic carbocycles. The summed E-state index contributed by atoms with van der Waals surface area (Å²) in [6.45, 7) is 0. The van der Waals surface area contributed by atoms with Gasteiger partial charge in [-0.3, -0.25) is 4.57 Å². The molecule has 0 fully saturated rings. The van der Waals surface area contributed by atoms with Crippen molar-refractivity contribution in [1.29, 1.82) is 0 Å². The van der Waals surface area contributed by atoms with E-state index >= 15 is 0 Å². The molecule has 23 heavy (non-hydrogen) atoms. The molecule has 2 nitrogen and oxygen atoms in total. The predicted octanol–water partition coefficient (Wildman–Crippen LogP) is 3.71. The summed E-state index contributed by atoms with van der Waals surface area (Å²) in [5.41, 5.74) is 5.56. The van der Waals surface area contributed by atoms with E-state index in [0.717, 1.165) is 32.6 Å². The van der Waals surface area contributed by atoms with Gasteiger partial charge in [-0.05, 0) is 30.3 Å². The van der Waals surface area contributed by atoms with Crippen LogP contribution in [0, 0.1) is 0 Å². The Bertz CT molecular complexity index is 973. The number of imidazole rings is 1. The van der Waals surface area contributed by atoms with E-state index in [1.165, 1.54) is 5.46 Å². The Kier molecular flexibility index (Phi) is 3.54. The maximum Gasteiger partial charge on any atom is 0.145 e. The van der Waals surface area contributed by atoms with Crippen LogP contribution in [-0.2, 0) is 0 Å². The first-order chi connectivity index (χ1) is 11.2. The van der Waals surface area contributed by atoms with Gasteiger partial charge < -0.3 is 0 Å². The lowest BCUT2D eigenvalue weighted by Gasteiger charge is -2.10. The largest absolute Gasteiger partial charge is 0.292 e. The molecule has 0 atom stereocenters. The Balaban J connectivity index is 2.07. The smallest absolute Gasteiger partial charge is 0.145 e. The van der Waals surface area contributed by atoms with Crippen LogP contribution in [0.4, 0.5) is 0 Å². The van der Waals surface area contributed by atoms with Crippen molar-refractivity contribution in [2.75, 3.05) is 0 Å². The third-order valence-electron chi connectivity index (χ3n) is 3.88. The van der Waals surface area contributed by atoms with Gasteiger partial charge in [-0.2, -0.15) is 0 Å². The summed E-state index contributed by atoms with van der Waals surface area (Å²) in [5.74, 6) is 0.960. The van der Waals surface area contributed by atoms with E-state index in [1.807, 2.05) is 12.1 Å². The highest BCUT2D eigenvalue weighted by atomic mass is 79.9. The molecule has 1 aromatic heterocycles. The Morgan fingerprint density at radius 2 is 1.61 bits per heavy atom. The van der Waals surface area contributed by atoms with E-state index in [2.05, 4.69) is 89.0 Å². The molecule has 0 saturated carbocycles. The molecule has 0 N–H and O–H groups in total. The fourth-order valence-corrected chi connectivity index (χ4v) is 3.53. The average Bonchev–Trinajstić information content (AvgIpc) is 2.94. The van der Waals surface area contributed by atoms with E-state index < -0.39 is 0 Å². The first-order valence-corrected chi connectivity index (χ1v) is 8.32. The van der Waals surface area contributed by atoms with Gasteiger partial charge in [0.2, 0.25) is 0 Å². The molecule has 0 aliphatic heterocycles. The van der Waals surface area contributed by atoms with Crippen molar-refractivity contribution in [3.8, 4) is 17.1 Å². The zero-order valence-electron chi connectivity index (χ0n) is 12.7. The lowest BCUT2D eigenvalue weighted by Crippen LogP contribution is -2.04. The topological polar surface area (TPSA) is 17.8 Å². The molecule has 110 valence electrons. The van der Waals surface area contributed by atoms with Crippen LogP contribution in [0.2, 0.25) is 0 Å². The van der Waals surface area contributed by atoms with Gasteiger partial charge >= 0.3 is 0 Å². The molecule has 0 amide bonds. The summed E-state index contributed by atoms with van der Waals surface area (Å²) in [7, 11) is 2.10. The second kappa shape index (κ2) is 5.71. The van der Waals surface area contributed by atoms with Gasteiger partial charge in [0.1, 0.15) is 13.7 Å². The molecule has 4 aromatic rings. The Morgan fingerprint density at radius 3 is 2.39 bits per heavy atom. The van der Waals surface area contributed by atoms with Gasteiger partial charge in [0.15, 0.2) is 0 Å². The highest BCUT2D eigenvalue weighted by molar-refractivity contribution is 9.10. The fraction of sp³-hybridized carbons (Fsp3) is 0. The number of fused-ring (bicyclic) bond motifs is 1. The summed E-state index contributed by atoms with van der Waals surface area (Å²) in [4.78, 5) is 4.88. The van der Waals surface area contributed by atoms with Crippen LogP contribution in [0.15, 0.2) is 77.3 Å². The van der Waals surface area contributed by atoms with Crippen LogP contribution in [0.25, 0.3) is 28.1 Å². The van der Waals surface area contributed by atoms with E-state index in [9.17, 15) is 0 Å². The minimum Gasteiger partial charge on any atom is -0.292 e. The zero-order chi connectivity index (χ0) is 15.8. The Morgan fingerprint density at radius 1 is 0.870 bits per heavy atom. The SMILES string of the molecule is Bc1cc(Br)cc(-c2nc3ccccc3n2-c2ccccc2)c1. The van der Waals surface area contributed by atoms with Crippen LogP contribution < -0.4 is 5.46 Å². The van der Waals surface area contributed by atoms with Crippen LogP contribution in [-0.4, -0.2) is 17.4 Å². The van der Waals surface area contributed by atoms with Crippen LogP contribution in [0.1, 0.15) is 0 Å². The van der Waals surface area contributed by atoms with Crippen molar-refractivity contribution in [2.45, 2.75) is 0 Å². The van der Waals surface area contributed by atoms with Gasteiger partial charge in [0, 0.05) is 15.7 Å². The quantitative estimate of drug-likeness (QED) is 0.498. The number of nitrogens with zero attached hydrogens (tertiary/aromatic N) is 2. The number of rotatable bonds is 2. The normalized spacial score (nSPS) is 11.0. The maximum absolute atomic E-state index is 4.88. The second-order valence-corrected chi connectivity index (χ2v) is 6.53. The number of para-hydroxylation sites is 3. The van der Waals surface area contributed by atoms with E-state index in [4.69, 9.17) is 4.98 Å². The highest BCUT2D eigenvalue weighted by Gasteiger charge is 2.14. The third kappa shape index (κ3) is 2.59. The Hall–Kier alpha value is -2.33. The minimum absolute atomic E-state index is 0.960. The van der Waals surface area contributed by atoms with Crippen LogP contribution in [0.5, 0.6) is 0 Å². The summed E-state index contributed by atoms with van der Waals surface area (Å²) in [6.07, 6.45) is 0. The standard InChI is InChI=1S/C19H14BBrN2/c20-14-10-13(11-15(21)12-14)19-22-17-8-4-5-9-18(17)23(19)16-6-2-1-3-7-16/h1-12H,20H2. The van der Waals surface area contributed by atoms with Crippen molar-refractivity contribution < 1.29 is 0 Å². The number of hydrogen-bond donors (Lipinski definition) is 0. The third-order valence-corrected chi connectivity index (χ3v) is 4.33. The fourth-order valence-electron chi connectivity index (χ4n) is 2.92. The van der Waals surface area contributed by atoms with Crippen LogP contribution in [0.3, 0.4) is 0 Å². The van der Waals surface area contributed by atoms with Crippen molar-refractivity contribution in [1.82, 2.24) is 9.55 Å². The first-order valence-electron chi connectivity index (χ1n) is 7.53. The van der Waals surface area contributed by atoms with E-state index in [1.54, 1.807) is 0 Å². The summed E-state index contributed by atoms with van der Waals surface area (Å²) in [6, 6.07) is 25.0. The molecular weight excluding hydrogens is 347 g/mol. The lowest BCUT2D eigenvalue weighted by atomic mass is 9.94. The molecule has 0 aliphatic carbocycles. The number of benzene rings is 3. The first kappa shape index (κ1) is 14.3. The number of halogens is 1. The maximum atomic E-state index is 4.88. The van der Waals surface area contributed by atoms with Gasteiger partial charge in [-0.25, -0.2) is 4.98 Å². The molecule has 0 spiro atoms. The molecular formula is C19H14BBrN2. The summed E-state index contributed by atoms with van der Waals surface area (Å²) in [5, 5.41) is 0. The summed E-state index contributed by atoms with van der Waals surface area (Å²) >= 11 is 3.60. The lowest BCUT2D eigenvalue weighted by molar-refractivity contribution is 1.10. The van der Waals surface area contributed by atoms with Gasteiger partial charge in [0.05, 0.1) is 11.0 Å². The number of hydrogen-bond acceptors (Lipinski definition) is 1. The van der Waals surface area contributed by atoms with Gasteiger partial charge in [-0.15, -0.1) is 0 Å². The molecule has 0 radical (unpaired) electrons. The van der Waals surface area contributed by atoms with E-state index in [0.29, 0.717) is 0 Å². The Labute approximate surface area is 144 Å². The predicted molar refractivity (Wildman–Crippen MR) is 102 cm³/mol.